The van der Waals surface area contributed by atoms with Gasteiger partial charge >= 0.3 is 0 Å². The zero-order chi connectivity index (χ0) is 18.6. The molecule has 0 atom stereocenters. The molecule has 4 aromatic rings. The molecule has 2 aromatic heterocycles. The number of pyridine rings is 1. The molecule has 0 saturated heterocycles. The number of hydrogen-bond acceptors (Lipinski definition) is 5. The summed E-state index contributed by atoms with van der Waals surface area (Å²) in [6.07, 6.45) is 3.54. The predicted octanol–water partition coefficient (Wildman–Crippen LogP) is 3.65. The SMILES string of the molecule is COCCOc1ccc2ncc(-c3cn(-c4ccc(F)cc4)nn3)cc2c1. The summed E-state index contributed by atoms with van der Waals surface area (Å²) in [5.74, 6) is 0.467. The van der Waals surface area contributed by atoms with E-state index in [4.69, 9.17) is 9.47 Å². The molecule has 0 aliphatic carbocycles. The maximum atomic E-state index is 13.1. The van der Waals surface area contributed by atoms with Gasteiger partial charge in [-0.25, -0.2) is 9.07 Å². The van der Waals surface area contributed by atoms with Crippen LogP contribution in [0.4, 0.5) is 4.39 Å². The molecular weight excluding hydrogens is 347 g/mol. The largest absolute Gasteiger partial charge is 0.491 e. The van der Waals surface area contributed by atoms with Crippen molar-refractivity contribution in [1.29, 1.82) is 0 Å². The molecule has 4 rings (SSSR count). The van der Waals surface area contributed by atoms with Gasteiger partial charge in [0.25, 0.3) is 0 Å². The van der Waals surface area contributed by atoms with Gasteiger partial charge in [0, 0.05) is 24.3 Å². The molecule has 6 nitrogen and oxygen atoms in total. The summed E-state index contributed by atoms with van der Waals surface area (Å²) < 4.78 is 25.3. The molecule has 2 aromatic carbocycles. The van der Waals surface area contributed by atoms with Crippen LogP contribution in [0.15, 0.2) is 60.9 Å². The Morgan fingerprint density at radius 3 is 2.70 bits per heavy atom. The van der Waals surface area contributed by atoms with Crippen molar-refractivity contribution in [1.82, 2.24) is 20.0 Å². The van der Waals surface area contributed by atoms with Crippen LogP contribution >= 0.6 is 0 Å². The minimum atomic E-state index is -0.290. The summed E-state index contributed by atoms with van der Waals surface area (Å²) in [5.41, 5.74) is 3.12. The smallest absolute Gasteiger partial charge is 0.123 e. The highest BCUT2D eigenvalue weighted by molar-refractivity contribution is 5.84. The van der Waals surface area contributed by atoms with Gasteiger partial charge in [0.05, 0.1) is 24.0 Å². The third kappa shape index (κ3) is 3.78. The molecular formula is C20H17FN4O2. The lowest BCUT2D eigenvalue weighted by molar-refractivity contribution is 0.146. The van der Waals surface area contributed by atoms with Crippen molar-refractivity contribution >= 4 is 10.9 Å². The van der Waals surface area contributed by atoms with Gasteiger partial charge in [-0.15, -0.1) is 5.10 Å². The molecule has 136 valence electrons. The maximum absolute atomic E-state index is 13.1. The van der Waals surface area contributed by atoms with Crippen LogP contribution in [0.25, 0.3) is 27.8 Å². The second kappa shape index (κ2) is 7.51. The zero-order valence-electron chi connectivity index (χ0n) is 14.7. The fraction of sp³-hybridized carbons (Fsp3) is 0.150. The number of methoxy groups -OCH3 is 1. The molecule has 0 radical (unpaired) electrons. The first-order valence-electron chi connectivity index (χ1n) is 8.43. The Kier molecular flexibility index (Phi) is 4.76. The Morgan fingerprint density at radius 1 is 1.04 bits per heavy atom. The minimum Gasteiger partial charge on any atom is -0.491 e. The van der Waals surface area contributed by atoms with Crippen molar-refractivity contribution in [3.8, 4) is 22.7 Å². The van der Waals surface area contributed by atoms with Gasteiger partial charge in [-0.3, -0.25) is 4.98 Å². The van der Waals surface area contributed by atoms with E-state index in [-0.39, 0.29) is 5.82 Å². The van der Waals surface area contributed by atoms with E-state index in [1.165, 1.54) is 12.1 Å². The predicted molar refractivity (Wildman–Crippen MR) is 99.4 cm³/mol. The van der Waals surface area contributed by atoms with E-state index >= 15 is 0 Å². The first-order valence-corrected chi connectivity index (χ1v) is 8.43. The molecule has 0 N–H and O–H groups in total. The van der Waals surface area contributed by atoms with Crippen molar-refractivity contribution in [2.75, 3.05) is 20.3 Å². The quantitative estimate of drug-likeness (QED) is 0.489. The van der Waals surface area contributed by atoms with E-state index in [0.29, 0.717) is 18.9 Å². The van der Waals surface area contributed by atoms with Crippen LogP contribution in [0.5, 0.6) is 5.75 Å². The third-order valence-electron chi connectivity index (χ3n) is 4.09. The summed E-state index contributed by atoms with van der Waals surface area (Å²) in [4.78, 5) is 4.48. The van der Waals surface area contributed by atoms with Gasteiger partial charge in [-0.1, -0.05) is 5.21 Å². The highest BCUT2D eigenvalue weighted by Gasteiger charge is 2.08. The molecule has 27 heavy (non-hydrogen) atoms. The summed E-state index contributed by atoms with van der Waals surface area (Å²) in [7, 11) is 1.64. The topological polar surface area (TPSA) is 62.1 Å². The number of halogens is 1. The van der Waals surface area contributed by atoms with E-state index in [1.54, 1.807) is 36.3 Å². The lowest BCUT2D eigenvalue weighted by Gasteiger charge is -2.07. The van der Waals surface area contributed by atoms with Gasteiger partial charge < -0.3 is 9.47 Å². The zero-order valence-corrected chi connectivity index (χ0v) is 14.7. The van der Waals surface area contributed by atoms with E-state index in [1.807, 2.05) is 24.3 Å². The highest BCUT2D eigenvalue weighted by atomic mass is 19.1. The summed E-state index contributed by atoms with van der Waals surface area (Å²) in [6.45, 7) is 1.02. The van der Waals surface area contributed by atoms with E-state index in [9.17, 15) is 4.39 Å². The van der Waals surface area contributed by atoms with Crippen LogP contribution in [-0.2, 0) is 4.74 Å². The van der Waals surface area contributed by atoms with Crippen LogP contribution in [-0.4, -0.2) is 40.3 Å². The van der Waals surface area contributed by atoms with Gasteiger partial charge in [-0.05, 0) is 48.5 Å². The first-order chi connectivity index (χ1) is 13.2. The number of fused-ring (bicyclic) bond motifs is 1. The fourth-order valence-electron chi connectivity index (χ4n) is 2.70. The number of rotatable bonds is 6. The normalized spacial score (nSPS) is 11.0. The summed E-state index contributed by atoms with van der Waals surface area (Å²) in [6, 6.07) is 13.8. The monoisotopic (exact) mass is 364 g/mol. The van der Waals surface area contributed by atoms with Gasteiger partial charge in [0.2, 0.25) is 0 Å². The molecule has 0 amide bonds. The number of ether oxygens (including phenoxy) is 2. The lowest BCUT2D eigenvalue weighted by Crippen LogP contribution is -2.04. The van der Waals surface area contributed by atoms with Crippen molar-refractivity contribution < 1.29 is 13.9 Å². The summed E-state index contributed by atoms with van der Waals surface area (Å²) in [5, 5.41) is 9.27. The molecule has 0 bridgehead atoms. The third-order valence-corrected chi connectivity index (χ3v) is 4.09. The molecule has 0 aliphatic rings. The second-order valence-corrected chi connectivity index (χ2v) is 5.94. The number of nitrogens with zero attached hydrogens (tertiary/aromatic N) is 4. The van der Waals surface area contributed by atoms with E-state index in [0.717, 1.165) is 27.9 Å². The minimum absolute atomic E-state index is 0.290. The van der Waals surface area contributed by atoms with Crippen LogP contribution in [0.2, 0.25) is 0 Å². The van der Waals surface area contributed by atoms with Gasteiger partial charge in [-0.2, -0.15) is 0 Å². The highest BCUT2D eigenvalue weighted by Crippen LogP contribution is 2.25. The Balaban J connectivity index is 1.62. The van der Waals surface area contributed by atoms with E-state index in [2.05, 4.69) is 15.3 Å². The van der Waals surface area contributed by atoms with E-state index < -0.39 is 0 Å². The summed E-state index contributed by atoms with van der Waals surface area (Å²) >= 11 is 0. The van der Waals surface area contributed by atoms with Gasteiger partial charge in [0.15, 0.2) is 0 Å². The first kappa shape index (κ1) is 17.1. The molecule has 0 aliphatic heterocycles. The van der Waals surface area contributed by atoms with Crippen LogP contribution in [0.3, 0.4) is 0 Å². The molecule has 0 saturated carbocycles. The van der Waals surface area contributed by atoms with Gasteiger partial charge in [0.1, 0.15) is 23.9 Å². The fourth-order valence-corrected chi connectivity index (χ4v) is 2.70. The number of benzene rings is 2. The van der Waals surface area contributed by atoms with Crippen molar-refractivity contribution in [2.24, 2.45) is 0 Å². The van der Waals surface area contributed by atoms with Crippen LogP contribution in [0.1, 0.15) is 0 Å². The number of aromatic nitrogens is 4. The Morgan fingerprint density at radius 2 is 1.89 bits per heavy atom. The lowest BCUT2D eigenvalue weighted by atomic mass is 10.1. The Labute approximate surface area is 155 Å². The standard InChI is InChI=1S/C20H17FN4O2/c1-26-8-9-27-18-6-7-19-14(11-18)10-15(12-22-19)20-13-25(24-23-20)17-4-2-16(21)3-5-17/h2-7,10-13H,8-9H2,1H3. The molecule has 0 spiro atoms. The maximum Gasteiger partial charge on any atom is 0.123 e. The van der Waals surface area contributed by atoms with Crippen LogP contribution in [0, 0.1) is 5.82 Å². The molecule has 7 heteroatoms. The molecule has 2 heterocycles. The molecule has 0 fully saturated rings. The number of hydrogen-bond donors (Lipinski definition) is 0. The van der Waals surface area contributed by atoms with Crippen molar-refractivity contribution in [3.05, 3.63) is 66.7 Å². The second-order valence-electron chi connectivity index (χ2n) is 5.94. The Hall–Kier alpha value is -3.32. The van der Waals surface area contributed by atoms with Crippen molar-refractivity contribution in [2.45, 2.75) is 0 Å². The average molecular weight is 364 g/mol. The van der Waals surface area contributed by atoms with Crippen LogP contribution < -0.4 is 4.74 Å². The average Bonchev–Trinajstić information content (AvgIpc) is 3.18. The van der Waals surface area contributed by atoms with Crippen molar-refractivity contribution in [3.63, 3.8) is 0 Å². The molecule has 0 unspecified atom stereocenters. The Bertz CT molecular complexity index is 1060.